The van der Waals surface area contributed by atoms with E-state index in [1.807, 2.05) is 0 Å². The highest BCUT2D eigenvalue weighted by atomic mass is 16.1. The van der Waals surface area contributed by atoms with Crippen LogP contribution in [0, 0.1) is 34.5 Å². The van der Waals surface area contributed by atoms with Crippen LogP contribution in [0.5, 0.6) is 0 Å². The maximum Gasteiger partial charge on any atom is 0.137 e. The minimum absolute atomic E-state index is 0.123. The van der Waals surface area contributed by atoms with Gasteiger partial charge in [0.25, 0.3) is 0 Å². The average molecular weight is 288 g/mol. The van der Waals surface area contributed by atoms with Crippen LogP contribution in [0.4, 0.5) is 0 Å². The Balaban J connectivity index is 1.70. The molecule has 116 valence electrons. The van der Waals surface area contributed by atoms with Crippen molar-refractivity contribution in [3.8, 4) is 0 Å². The van der Waals surface area contributed by atoms with Crippen LogP contribution in [0.2, 0.25) is 0 Å². The number of rotatable bonds is 0. The van der Waals surface area contributed by atoms with Gasteiger partial charge in [0.15, 0.2) is 0 Å². The zero-order chi connectivity index (χ0) is 14.8. The summed E-state index contributed by atoms with van der Waals surface area (Å²) >= 11 is 0. The van der Waals surface area contributed by atoms with Crippen molar-refractivity contribution in [2.24, 2.45) is 34.5 Å². The molecule has 0 radical (unpaired) electrons. The molecule has 0 bridgehead atoms. The van der Waals surface area contributed by atoms with E-state index in [2.05, 4.69) is 13.8 Å². The van der Waals surface area contributed by atoms with Crippen molar-refractivity contribution in [2.75, 3.05) is 0 Å². The van der Waals surface area contributed by atoms with E-state index in [4.69, 9.17) is 0 Å². The average Bonchev–Trinajstić information content (AvgIpc) is 2.80. The molecule has 0 heterocycles. The van der Waals surface area contributed by atoms with E-state index in [9.17, 15) is 9.59 Å². The van der Waals surface area contributed by atoms with Crippen LogP contribution in [0.25, 0.3) is 0 Å². The fraction of sp³-hybridized carbons (Fsp3) is 0.895. The van der Waals surface area contributed by atoms with Crippen LogP contribution in [0.1, 0.15) is 71.6 Å². The fourth-order valence-corrected chi connectivity index (χ4v) is 6.87. The summed E-state index contributed by atoms with van der Waals surface area (Å²) in [5.41, 5.74) is 0.420. The molecule has 2 heteroatoms. The molecule has 0 aromatic carbocycles. The number of Topliss-reactive ketones (excluding diaryl/α,β-unsaturated/α-hetero) is 2. The summed E-state index contributed by atoms with van der Waals surface area (Å²) in [5, 5.41) is 0. The highest BCUT2D eigenvalue weighted by Gasteiger charge is 2.60. The van der Waals surface area contributed by atoms with Crippen LogP contribution >= 0.6 is 0 Å². The molecule has 0 spiro atoms. The smallest absolute Gasteiger partial charge is 0.137 e. The van der Waals surface area contributed by atoms with Gasteiger partial charge in [-0.05, 0) is 60.7 Å². The van der Waals surface area contributed by atoms with Gasteiger partial charge in [-0.15, -0.1) is 0 Å². The zero-order valence-electron chi connectivity index (χ0n) is 13.5. The van der Waals surface area contributed by atoms with Crippen molar-refractivity contribution in [3.63, 3.8) is 0 Å². The molecule has 0 aliphatic heterocycles. The fourth-order valence-electron chi connectivity index (χ4n) is 6.87. The minimum Gasteiger partial charge on any atom is -0.300 e. The minimum atomic E-state index is 0.123. The summed E-state index contributed by atoms with van der Waals surface area (Å²) in [6.07, 6.45) is 9.53. The summed E-state index contributed by atoms with van der Waals surface area (Å²) < 4.78 is 0. The van der Waals surface area contributed by atoms with Crippen LogP contribution in [0.3, 0.4) is 0 Å². The van der Waals surface area contributed by atoms with Gasteiger partial charge in [0.2, 0.25) is 0 Å². The molecular formula is C19H28O2. The van der Waals surface area contributed by atoms with Gasteiger partial charge in [0.05, 0.1) is 0 Å². The number of carbonyl (C=O) groups is 2. The van der Waals surface area contributed by atoms with Crippen molar-refractivity contribution in [1.82, 2.24) is 0 Å². The molecule has 4 aliphatic carbocycles. The molecule has 21 heavy (non-hydrogen) atoms. The van der Waals surface area contributed by atoms with E-state index in [0.29, 0.717) is 35.2 Å². The normalized spacial score (nSPS) is 53.0. The molecule has 6 atom stereocenters. The molecule has 0 amide bonds. The summed E-state index contributed by atoms with van der Waals surface area (Å²) in [7, 11) is 0. The van der Waals surface area contributed by atoms with E-state index < -0.39 is 0 Å². The SMILES string of the molecule is C[C@@]12CCC[C@H]1[C@@H]1CC[C@@H]3CC(=O)CC[C@]3(C)[C@H]1C(=O)C2. The number of fused-ring (bicyclic) bond motifs is 5. The summed E-state index contributed by atoms with van der Waals surface area (Å²) in [5.74, 6) is 3.12. The molecule has 4 fully saturated rings. The van der Waals surface area contributed by atoms with Gasteiger partial charge >= 0.3 is 0 Å². The van der Waals surface area contributed by atoms with Gasteiger partial charge in [-0.2, -0.15) is 0 Å². The lowest BCUT2D eigenvalue weighted by Crippen LogP contribution is -2.56. The second-order valence-electron chi connectivity index (χ2n) is 8.96. The maximum atomic E-state index is 13.0. The zero-order valence-corrected chi connectivity index (χ0v) is 13.5. The standard InChI is InChI=1S/C19H28O2/c1-18-8-3-4-15(18)14-6-5-12-10-13(20)7-9-19(12,2)17(14)16(21)11-18/h12,14-15,17H,3-11H2,1-2H3/t12-,14+,15+,17-,18+,19+/m1/s1. The first-order chi connectivity index (χ1) is 9.94. The number of hydrogen-bond acceptors (Lipinski definition) is 2. The molecule has 4 saturated carbocycles. The second-order valence-corrected chi connectivity index (χ2v) is 8.96. The van der Waals surface area contributed by atoms with E-state index >= 15 is 0 Å². The third kappa shape index (κ3) is 1.83. The van der Waals surface area contributed by atoms with E-state index in [1.54, 1.807) is 0 Å². The first-order valence-corrected chi connectivity index (χ1v) is 8.98. The Hall–Kier alpha value is -0.660. The lowest BCUT2D eigenvalue weighted by Gasteiger charge is -2.58. The Morgan fingerprint density at radius 2 is 1.86 bits per heavy atom. The molecule has 4 aliphatic rings. The van der Waals surface area contributed by atoms with Gasteiger partial charge in [-0.1, -0.05) is 20.3 Å². The molecule has 0 N–H and O–H groups in total. The number of carbonyl (C=O) groups excluding carboxylic acids is 2. The Kier molecular flexibility index (Phi) is 2.94. The highest BCUT2D eigenvalue weighted by Crippen LogP contribution is 2.64. The first kappa shape index (κ1) is 14.0. The van der Waals surface area contributed by atoms with Crippen molar-refractivity contribution in [2.45, 2.75) is 71.6 Å². The number of hydrogen-bond donors (Lipinski definition) is 0. The van der Waals surface area contributed by atoms with Gasteiger partial charge in [0.1, 0.15) is 11.6 Å². The second kappa shape index (κ2) is 4.43. The van der Waals surface area contributed by atoms with Gasteiger partial charge in [0, 0.05) is 25.2 Å². The van der Waals surface area contributed by atoms with Crippen LogP contribution in [-0.4, -0.2) is 11.6 Å². The maximum absolute atomic E-state index is 13.0. The monoisotopic (exact) mass is 288 g/mol. The molecule has 2 nitrogen and oxygen atoms in total. The highest BCUT2D eigenvalue weighted by molar-refractivity contribution is 5.85. The molecule has 0 unspecified atom stereocenters. The summed E-state index contributed by atoms with van der Waals surface area (Å²) in [4.78, 5) is 24.9. The van der Waals surface area contributed by atoms with Gasteiger partial charge < -0.3 is 0 Å². The van der Waals surface area contributed by atoms with Crippen molar-refractivity contribution < 1.29 is 9.59 Å². The molecule has 0 saturated heterocycles. The molecule has 0 aromatic rings. The Bertz CT molecular complexity index is 496. The summed E-state index contributed by atoms with van der Waals surface area (Å²) in [6, 6.07) is 0. The molecule has 0 aromatic heterocycles. The van der Waals surface area contributed by atoms with Crippen molar-refractivity contribution in [3.05, 3.63) is 0 Å². The predicted octanol–water partition coefficient (Wildman–Crippen LogP) is 4.17. The Morgan fingerprint density at radius 1 is 1.05 bits per heavy atom. The van der Waals surface area contributed by atoms with Crippen molar-refractivity contribution in [1.29, 1.82) is 0 Å². The molecule has 4 rings (SSSR count). The third-order valence-electron chi connectivity index (χ3n) is 7.94. The van der Waals surface area contributed by atoms with Gasteiger partial charge in [-0.3, -0.25) is 9.59 Å². The Morgan fingerprint density at radius 3 is 2.67 bits per heavy atom. The lowest BCUT2D eigenvalue weighted by atomic mass is 9.45. The van der Waals surface area contributed by atoms with E-state index in [0.717, 1.165) is 25.2 Å². The Labute approximate surface area is 128 Å². The van der Waals surface area contributed by atoms with E-state index in [1.165, 1.54) is 32.1 Å². The number of ketones is 2. The summed E-state index contributed by atoms with van der Waals surface area (Å²) in [6.45, 7) is 4.72. The lowest BCUT2D eigenvalue weighted by molar-refractivity contribution is -0.158. The first-order valence-electron chi connectivity index (χ1n) is 8.98. The van der Waals surface area contributed by atoms with Crippen LogP contribution in [0.15, 0.2) is 0 Å². The molecular weight excluding hydrogens is 260 g/mol. The van der Waals surface area contributed by atoms with Crippen LogP contribution < -0.4 is 0 Å². The van der Waals surface area contributed by atoms with Gasteiger partial charge in [-0.25, -0.2) is 0 Å². The third-order valence-corrected chi connectivity index (χ3v) is 7.94. The predicted molar refractivity (Wildman–Crippen MR) is 81.7 cm³/mol. The quantitative estimate of drug-likeness (QED) is 0.670. The van der Waals surface area contributed by atoms with Crippen LogP contribution in [-0.2, 0) is 9.59 Å². The van der Waals surface area contributed by atoms with E-state index in [-0.39, 0.29) is 11.3 Å². The van der Waals surface area contributed by atoms with Crippen molar-refractivity contribution >= 4 is 11.6 Å². The largest absolute Gasteiger partial charge is 0.300 e. The topological polar surface area (TPSA) is 34.1 Å².